The summed E-state index contributed by atoms with van der Waals surface area (Å²) in [5, 5.41) is 5.88. The molecule has 0 spiro atoms. The number of carbonyl (C=O) groups is 1. The topological polar surface area (TPSA) is 64.0 Å². The van der Waals surface area contributed by atoms with E-state index in [2.05, 4.69) is 10.4 Å². The number of alkyl halides is 2. The van der Waals surface area contributed by atoms with E-state index in [1.54, 1.807) is 12.1 Å². The smallest absolute Gasteiger partial charge is 0.288 e. The Morgan fingerprint density at radius 2 is 2.04 bits per heavy atom. The van der Waals surface area contributed by atoms with Gasteiger partial charge < -0.3 is 5.32 Å². The predicted octanol–water partition coefficient (Wildman–Crippen LogP) is 3.50. The summed E-state index contributed by atoms with van der Waals surface area (Å²) in [5.74, 6) is -3.23. The normalized spacial score (nSPS) is 10.8. The van der Waals surface area contributed by atoms with Crippen molar-refractivity contribution in [1.29, 1.82) is 0 Å². The Balaban J connectivity index is 2.15. The zero-order chi connectivity index (χ0) is 17.0. The van der Waals surface area contributed by atoms with Gasteiger partial charge in [-0.25, -0.2) is 4.68 Å². The number of anilines is 1. The van der Waals surface area contributed by atoms with Gasteiger partial charge in [0, 0.05) is 4.90 Å². The number of hydrogen-bond donors (Lipinski definition) is 1. The van der Waals surface area contributed by atoms with Crippen LogP contribution in [0, 0.1) is 0 Å². The molecule has 2 rings (SSSR count). The molecular weight excluding hydrogens is 371 g/mol. The molecule has 122 valence electrons. The van der Waals surface area contributed by atoms with Gasteiger partial charge in [-0.15, -0.1) is 0 Å². The van der Waals surface area contributed by atoms with Gasteiger partial charge in [-0.05, 0) is 12.1 Å². The summed E-state index contributed by atoms with van der Waals surface area (Å²) >= 11 is 11.6. The summed E-state index contributed by atoms with van der Waals surface area (Å²) < 4.78 is 25.8. The molecule has 1 aromatic carbocycles. The van der Waals surface area contributed by atoms with E-state index in [9.17, 15) is 18.4 Å². The Morgan fingerprint density at radius 1 is 1.35 bits per heavy atom. The van der Waals surface area contributed by atoms with Gasteiger partial charge in [0.25, 0.3) is 11.3 Å². The van der Waals surface area contributed by atoms with Crippen LogP contribution in [-0.4, -0.2) is 21.4 Å². The molecule has 1 aromatic heterocycles. The number of benzene rings is 1. The third kappa shape index (κ3) is 4.66. The molecule has 0 fully saturated rings. The molecule has 0 radical (unpaired) electrons. The van der Waals surface area contributed by atoms with Crippen LogP contribution in [0.5, 0.6) is 0 Å². The maximum absolute atomic E-state index is 12.5. The van der Waals surface area contributed by atoms with Crippen LogP contribution in [0.4, 0.5) is 14.5 Å². The minimum absolute atomic E-state index is 0.0213. The van der Waals surface area contributed by atoms with Gasteiger partial charge in [0.2, 0.25) is 5.91 Å². The molecule has 1 heterocycles. The Labute approximate surface area is 143 Å². The van der Waals surface area contributed by atoms with Crippen molar-refractivity contribution < 1.29 is 13.6 Å². The molecule has 1 amide bonds. The van der Waals surface area contributed by atoms with Gasteiger partial charge >= 0.3 is 0 Å². The van der Waals surface area contributed by atoms with Crippen LogP contribution < -0.4 is 10.9 Å². The molecule has 5 nitrogen and oxygen atoms in total. The highest BCUT2D eigenvalue weighted by atomic mass is 35.5. The number of carbonyl (C=O) groups excluding carboxylic acids is 1. The number of halogens is 4. The van der Waals surface area contributed by atoms with Crippen molar-refractivity contribution in [3.63, 3.8) is 0 Å². The first-order valence-corrected chi connectivity index (χ1v) is 7.77. The van der Waals surface area contributed by atoms with Crippen molar-refractivity contribution in [3.05, 3.63) is 50.9 Å². The fraction of sp³-hybridized carbons (Fsp3) is 0.154. The molecule has 0 unspecified atom stereocenters. The lowest BCUT2D eigenvalue weighted by atomic mass is 10.3. The molecule has 0 aliphatic heterocycles. The summed E-state index contributed by atoms with van der Waals surface area (Å²) in [6.45, 7) is -0.427. The lowest BCUT2D eigenvalue weighted by molar-refractivity contribution is -0.117. The molecule has 23 heavy (non-hydrogen) atoms. The second-order valence-electron chi connectivity index (χ2n) is 4.19. The fourth-order valence-electron chi connectivity index (χ4n) is 1.65. The molecule has 0 aliphatic carbocycles. The fourth-order valence-corrected chi connectivity index (χ4v) is 2.52. The molecule has 2 aromatic rings. The Morgan fingerprint density at radius 3 is 2.74 bits per heavy atom. The van der Waals surface area contributed by atoms with Crippen LogP contribution in [0.3, 0.4) is 0 Å². The predicted molar refractivity (Wildman–Crippen MR) is 85.4 cm³/mol. The van der Waals surface area contributed by atoms with Gasteiger partial charge in [0.1, 0.15) is 11.6 Å². The van der Waals surface area contributed by atoms with Crippen LogP contribution >= 0.6 is 35.0 Å². The number of amides is 1. The van der Waals surface area contributed by atoms with Crippen LogP contribution in [0.2, 0.25) is 10.0 Å². The standard InChI is InChI=1S/C13H9Cl2F2N3O2S/c14-7-5-18-20(12(22)11(7)15)6-10(21)19-8-3-1-2-4-9(8)23-13(16)17/h1-5,13H,6H2,(H,19,21). The van der Waals surface area contributed by atoms with Crippen LogP contribution in [0.15, 0.2) is 40.2 Å². The molecule has 0 atom stereocenters. The van der Waals surface area contributed by atoms with E-state index in [0.29, 0.717) is 11.8 Å². The SMILES string of the molecule is O=C(Cn1ncc(Cl)c(Cl)c1=O)Nc1ccccc1SC(F)F. The van der Waals surface area contributed by atoms with E-state index in [0.717, 1.165) is 10.9 Å². The second kappa shape index (κ2) is 7.76. The van der Waals surface area contributed by atoms with Crippen molar-refractivity contribution in [2.24, 2.45) is 0 Å². The van der Waals surface area contributed by atoms with E-state index in [-0.39, 0.29) is 20.6 Å². The van der Waals surface area contributed by atoms with Gasteiger partial charge in [-0.3, -0.25) is 9.59 Å². The monoisotopic (exact) mass is 379 g/mol. The molecule has 0 bridgehead atoms. The van der Waals surface area contributed by atoms with Crippen LogP contribution in [0.1, 0.15) is 0 Å². The van der Waals surface area contributed by atoms with E-state index in [4.69, 9.17) is 23.2 Å². The Hall–Kier alpha value is -1.64. The highest BCUT2D eigenvalue weighted by molar-refractivity contribution is 7.99. The van der Waals surface area contributed by atoms with Crippen molar-refractivity contribution in [1.82, 2.24) is 9.78 Å². The maximum Gasteiger partial charge on any atom is 0.288 e. The van der Waals surface area contributed by atoms with E-state index < -0.39 is 23.8 Å². The van der Waals surface area contributed by atoms with Crippen LogP contribution in [0.25, 0.3) is 0 Å². The quantitative estimate of drug-likeness (QED) is 0.807. The Kier molecular flexibility index (Phi) is 5.97. The number of para-hydroxylation sites is 1. The van der Waals surface area contributed by atoms with E-state index in [1.165, 1.54) is 12.1 Å². The third-order valence-electron chi connectivity index (χ3n) is 2.61. The van der Waals surface area contributed by atoms with Gasteiger partial charge in [-0.1, -0.05) is 47.1 Å². The van der Waals surface area contributed by atoms with Crippen molar-refractivity contribution >= 4 is 46.6 Å². The number of hydrogen-bond acceptors (Lipinski definition) is 4. The highest BCUT2D eigenvalue weighted by Crippen LogP contribution is 2.31. The summed E-state index contributed by atoms with van der Waals surface area (Å²) in [6.07, 6.45) is 1.14. The van der Waals surface area contributed by atoms with Crippen molar-refractivity contribution in [3.8, 4) is 0 Å². The van der Waals surface area contributed by atoms with Gasteiger partial charge in [0.15, 0.2) is 0 Å². The number of rotatable bonds is 5. The zero-order valence-electron chi connectivity index (χ0n) is 11.3. The molecule has 1 N–H and O–H groups in total. The minimum atomic E-state index is -2.62. The second-order valence-corrected chi connectivity index (χ2v) is 6.01. The van der Waals surface area contributed by atoms with E-state index in [1.807, 2.05) is 0 Å². The first kappa shape index (κ1) is 17.7. The lowest BCUT2D eigenvalue weighted by Gasteiger charge is -2.11. The summed E-state index contributed by atoms with van der Waals surface area (Å²) in [7, 11) is 0. The average molecular weight is 380 g/mol. The lowest BCUT2D eigenvalue weighted by Crippen LogP contribution is -2.30. The Bertz CT molecular complexity index is 786. The number of nitrogens with zero attached hydrogens (tertiary/aromatic N) is 2. The van der Waals surface area contributed by atoms with Crippen LogP contribution in [-0.2, 0) is 11.3 Å². The first-order chi connectivity index (χ1) is 10.9. The van der Waals surface area contributed by atoms with Crippen molar-refractivity contribution in [2.75, 3.05) is 5.32 Å². The van der Waals surface area contributed by atoms with Crippen molar-refractivity contribution in [2.45, 2.75) is 17.2 Å². The number of thioether (sulfide) groups is 1. The molecule has 0 saturated carbocycles. The maximum atomic E-state index is 12.5. The highest BCUT2D eigenvalue weighted by Gasteiger charge is 2.14. The molecule has 10 heteroatoms. The minimum Gasteiger partial charge on any atom is -0.323 e. The number of nitrogens with one attached hydrogen (secondary N) is 1. The first-order valence-electron chi connectivity index (χ1n) is 6.13. The molecular formula is C13H9Cl2F2N3O2S. The summed E-state index contributed by atoms with van der Waals surface area (Å²) in [4.78, 5) is 24.0. The molecule has 0 saturated heterocycles. The zero-order valence-corrected chi connectivity index (χ0v) is 13.6. The summed E-state index contributed by atoms with van der Waals surface area (Å²) in [6, 6.07) is 6.10. The third-order valence-corrected chi connectivity index (χ3v) is 4.15. The largest absolute Gasteiger partial charge is 0.323 e. The van der Waals surface area contributed by atoms with Gasteiger partial charge in [-0.2, -0.15) is 13.9 Å². The van der Waals surface area contributed by atoms with E-state index >= 15 is 0 Å². The number of aromatic nitrogens is 2. The molecule has 0 aliphatic rings. The van der Waals surface area contributed by atoms with Gasteiger partial charge in [0.05, 0.1) is 16.9 Å². The average Bonchev–Trinajstić information content (AvgIpc) is 2.49. The summed E-state index contributed by atoms with van der Waals surface area (Å²) in [5.41, 5.74) is -0.500.